The van der Waals surface area contributed by atoms with E-state index in [9.17, 15) is 9.90 Å². The summed E-state index contributed by atoms with van der Waals surface area (Å²) in [5, 5.41) is 9.22. The van der Waals surface area contributed by atoms with Crippen LogP contribution in [0.2, 0.25) is 0 Å². The highest BCUT2D eigenvalue weighted by Gasteiger charge is 2.15. The fourth-order valence-electron chi connectivity index (χ4n) is 2.74. The minimum absolute atomic E-state index is 0.0393. The second kappa shape index (κ2) is 9.45. The van der Waals surface area contributed by atoms with Crippen molar-refractivity contribution in [1.29, 1.82) is 0 Å². The van der Waals surface area contributed by atoms with Gasteiger partial charge in [0.2, 0.25) is 0 Å². The average molecular weight is 344 g/mol. The van der Waals surface area contributed by atoms with E-state index in [0.717, 1.165) is 23.3 Å². The topological polar surface area (TPSA) is 46.5 Å². The van der Waals surface area contributed by atoms with Gasteiger partial charge in [-0.2, -0.15) is 0 Å². The van der Waals surface area contributed by atoms with E-state index in [4.69, 9.17) is 4.74 Å². The Morgan fingerprint density at radius 3 is 2.16 bits per heavy atom. The van der Waals surface area contributed by atoms with Crippen molar-refractivity contribution in [2.75, 3.05) is 0 Å². The molecule has 0 heterocycles. The lowest BCUT2D eigenvalue weighted by Crippen LogP contribution is -2.08. The molecule has 1 aromatic carbocycles. The SMILES string of the molecule is C/C=C(CC(=O)O)\C(=C/CC(C)C(C)C)Oc1c(C)cc(C)cc1C. The number of carboxylic acids is 1. The zero-order valence-corrected chi connectivity index (χ0v) is 16.6. The Hall–Kier alpha value is -2.03. The molecule has 1 aromatic rings. The molecule has 138 valence electrons. The molecule has 1 rings (SSSR count). The summed E-state index contributed by atoms with van der Waals surface area (Å²) < 4.78 is 6.24. The molecule has 1 unspecified atom stereocenters. The molecule has 3 heteroatoms. The van der Waals surface area contributed by atoms with Crippen LogP contribution in [0.4, 0.5) is 0 Å². The van der Waals surface area contributed by atoms with Crippen molar-refractivity contribution in [2.24, 2.45) is 11.8 Å². The molecule has 0 aliphatic carbocycles. The molecule has 0 bridgehead atoms. The maximum absolute atomic E-state index is 11.2. The van der Waals surface area contributed by atoms with Gasteiger partial charge in [0.15, 0.2) is 0 Å². The number of ether oxygens (including phenoxy) is 1. The molecule has 0 aliphatic heterocycles. The van der Waals surface area contributed by atoms with Gasteiger partial charge in [-0.25, -0.2) is 0 Å². The standard InChI is InChI=1S/C22H32O3/c1-8-19(13-21(23)24)20(10-9-16(5)14(2)3)25-22-17(6)11-15(4)12-18(22)7/h8,10-12,14,16H,9,13H2,1-7H3,(H,23,24)/b19-8-,20-10+. The molecule has 0 spiro atoms. The van der Waals surface area contributed by atoms with E-state index in [-0.39, 0.29) is 6.42 Å². The lowest BCUT2D eigenvalue weighted by Gasteiger charge is -2.19. The van der Waals surface area contributed by atoms with E-state index in [1.165, 1.54) is 5.56 Å². The fourth-order valence-corrected chi connectivity index (χ4v) is 2.74. The van der Waals surface area contributed by atoms with E-state index >= 15 is 0 Å². The molecule has 25 heavy (non-hydrogen) atoms. The Kier molecular flexibility index (Phi) is 7.95. The Morgan fingerprint density at radius 1 is 1.16 bits per heavy atom. The Bertz CT molecular complexity index is 643. The van der Waals surface area contributed by atoms with Gasteiger partial charge in [-0.05, 0) is 63.2 Å². The Labute approximate surface area is 152 Å². The van der Waals surface area contributed by atoms with Gasteiger partial charge in [0.1, 0.15) is 11.5 Å². The molecule has 0 aromatic heterocycles. The second-order valence-corrected chi connectivity index (χ2v) is 7.24. The largest absolute Gasteiger partial charge is 0.481 e. The first-order valence-electron chi connectivity index (χ1n) is 8.98. The van der Waals surface area contributed by atoms with Crippen LogP contribution in [-0.2, 0) is 4.79 Å². The summed E-state index contributed by atoms with van der Waals surface area (Å²) in [5.74, 6) is 1.69. The predicted octanol–water partition coefficient (Wildman–Crippen LogP) is 5.98. The molecule has 0 fully saturated rings. The van der Waals surface area contributed by atoms with Gasteiger partial charge in [-0.3, -0.25) is 4.79 Å². The normalized spacial score (nSPS) is 13.9. The lowest BCUT2D eigenvalue weighted by molar-refractivity contribution is -0.136. The summed E-state index contributed by atoms with van der Waals surface area (Å²) in [6.45, 7) is 14.6. The van der Waals surface area contributed by atoms with Gasteiger partial charge in [0.25, 0.3) is 0 Å². The number of allylic oxidation sites excluding steroid dienone is 3. The van der Waals surface area contributed by atoms with Crippen LogP contribution >= 0.6 is 0 Å². The quantitative estimate of drug-likeness (QED) is 0.466. The second-order valence-electron chi connectivity index (χ2n) is 7.24. The van der Waals surface area contributed by atoms with E-state index in [1.807, 2.05) is 32.9 Å². The third kappa shape index (κ3) is 6.41. The van der Waals surface area contributed by atoms with Crippen LogP contribution in [0.25, 0.3) is 0 Å². The highest BCUT2D eigenvalue weighted by atomic mass is 16.5. The Morgan fingerprint density at radius 2 is 1.72 bits per heavy atom. The summed E-state index contributed by atoms with van der Waals surface area (Å²) in [6.07, 6.45) is 4.69. The van der Waals surface area contributed by atoms with Gasteiger partial charge >= 0.3 is 5.97 Å². The molecule has 0 amide bonds. The summed E-state index contributed by atoms with van der Waals surface area (Å²) in [5.41, 5.74) is 4.03. The van der Waals surface area contributed by atoms with Crippen molar-refractivity contribution < 1.29 is 14.6 Å². The number of aliphatic carboxylic acids is 1. The number of rotatable bonds is 8. The first-order valence-corrected chi connectivity index (χ1v) is 8.98. The van der Waals surface area contributed by atoms with E-state index in [1.54, 1.807) is 0 Å². The molecule has 0 aliphatic rings. The van der Waals surface area contributed by atoms with Crippen LogP contribution in [0.1, 0.15) is 57.2 Å². The van der Waals surface area contributed by atoms with Crippen molar-refractivity contribution in [3.8, 4) is 5.75 Å². The maximum Gasteiger partial charge on any atom is 0.307 e. The molecule has 3 nitrogen and oxygen atoms in total. The van der Waals surface area contributed by atoms with Crippen LogP contribution in [0.15, 0.2) is 35.6 Å². The summed E-state index contributed by atoms with van der Waals surface area (Å²) in [6, 6.07) is 4.17. The zero-order valence-electron chi connectivity index (χ0n) is 16.6. The predicted molar refractivity (Wildman–Crippen MR) is 104 cm³/mol. The van der Waals surface area contributed by atoms with Crippen molar-refractivity contribution >= 4 is 5.97 Å². The molecular weight excluding hydrogens is 312 g/mol. The first-order chi connectivity index (χ1) is 11.6. The van der Waals surface area contributed by atoms with E-state index < -0.39 is 5.97 Å². The van der Waals surface area contributed by atoms with Crippen LogP contribution in [0, 0.1) is 32.6 Å². The molecule has 1 atom stereocenters. The number of hydrogen-bond acceptors (Lipinski definition) is 2. The molecule has 0 radical (unpaired) electrons. The van der Waals surface area contributed by atoms with Gasteiger partial charge in [-0.1, -0.05) is 44.5 Å². The molecule has 0 saturated heterocycles. The number of aryl methyl sites for hydroxylation is 3. The maximum atomic E-state index is 11.2. The summed E-state index contributed by atoms with van der Waals surface area (Å²) in [4.78, 5) is 11.2. The lowest BCUT2D eigenvalue weighted by atomic mass is 9.94. The first kappa shape index (κ1) is 21.0. The monoisotopic (exact) mass is 344 g/mol. The molecule has 1 N–H and O–H groups in total. The minimum Gasteiger partial charge on any atom is -0.481 e. The van der Waals surface area contributed by atoms with Gasteiger partial charge in [0.05, 0.1) is 6.42 Å². The molecular formula is C22H32O3. The number of carbonyl (C=O) groups is 1. The van der Waals surface area contributed by atoms with Gasteiger partial charge in [0, 0.05) is 5.57 Å². The van der Waals surface area contributed by atoms with Crippen molar-refractivity contribution in [3.63, 3.8) is 0 Å². The zero-order chi connectivity index (χ0) is 19.1. The van der Waals surface area contributed by atoms with Gasteiger partial charge in [-0.15, -0.1) is 0 Å². The van der Waals surface area contributed by atoms with Gasteiger partial charge < -0.3 is 9.84 Å². The number of carboxylic acid groups (broad SMARTS) is 1. The van der Waals surface area contributed by atoms with E-state index in [0.29, 0.717) is 23.2 Å². The number of benzene rings is 1. The third-order valence-corrected chi connectivity index (χ3v) is 4.64. The van der Waals surface area contributed by atoms with Crippen molar-refractivity contribution in [2.45, 2.75) is 61.3 Å². The number of hydrogen-bond donors (Lipinski definition) is 1. The van der Waals surface area contributed by atoms with Crippen LogP contribution in [0.5, 0.6) is 5.75 Å². The highest BCUT2D eigenvalue weighted by Crippen LogP contribution is 2.30. The average Bonchev–Trinajstić information content (AvgIpc) is 2.50. The highest BCUT2D eigenvalue weighted by molar-refractivity contribution is 5.71. The van der Waals surface area contributed by atoms with Crippen molar-refractivity contribution in [1.82, 2.24) is 0 Å². The summed E-state index contributed by atoms with van der Waals surface area (Å²) in [7, 11) is 0. The smallest absolute Gasteiger partial charge is 0.307 e. The van der Waals surface area contributed by atoms with Crippen LogP contribution < -0.4 is 4.74 Å². The van der Waals surface area contributed by atoms with Crippen LogP contribution in [0.3, 0.4) is 0 Å². The minimum atomic E-state index is -0.850. The van der Waals surface area contributed by atoms with E-state index in [2.05, 4.69) is 39.8 Å². The Balaban J connectivity index is 3.23. The van der Waals surface area contributed by atoms with Crippen molar-refractivity contribution in [3.05, 3.63) is 52.3 Å². The summed E-state index contributed by atoms with van der Waals surface area (Å²) >= 11 is 0. The third-order valence-electron chi connectivity index (χ3n) is 4.64. The fraction of sp³-hybridized carbons (Fsp3) is 0.500. The molecule has 0 saturated carbocycles. The van der Waals surface area contributed by atoms with Crippen LogP contribution in [-0.4, -0.2) is 11.1 Å².